The van der Waals surface area contributed by atoms with E-state index in [9.17, 15) is 13.2 Å². The number of aryl methyl sites for hydroxylation is 1. The van der Waals surface area contributed by atoms with Crippen molar-refractivity contribution in [1.29, 1.82) is 0 Å². The predicted molar refractivity (Wildman–Crippen MR) is 90.9 cm³/mol. The molecule has 0 atom stereocenters. The minimum absolute atomic E-state index is 0.0344. The Labute approximate surface area is 142 Å². The van der Waals surface area contributed by atoms with Crippen LogP contribution in [-0.4, -0.2) is 26.4 Å². The lowest BCUT2D eigenvalue weighted by Crippen LogP contribution is -2.31. The second kappa shape index (κ2) is 5.93. The molecule has 2 heterocycles. The van der Waals surface area contributed by atoms with E-state index in [1.54, 1.807) is 36.2 Å². The molecule has 3 rings (SSSR count). The average molecular weight is 396 g/mol. The van der Waals surface area contributed by atoms with Crippen LogP contribution in [0.5, 0.6) is 0 Å². The van der Waals surface area contributed by atoms with E-state index in [1.165, 1.54) is 12.3 Å². The van der Waals surface area contributed by atoms with Crippen LogP contribution in [0.15, 0.2) is 46.0 Å². The summed E-state index contributed by atoms with van der Waals surface area (Å²) in [6.07, 6.45) is 2.37. The third-order valence-electron chi connectivity index (χ3n) is 3.68. The number of halogens is 1. The van der Waals surface area contributed by atoms with Crippen molar-refractivity contribution in [3.63, 3.8) is 0 Å². The number of amides is 1. The molecule has 0 radical (unpaired) electrons. The fourth-order valence-corrected chi connectivity index (χ4v) is 3.78. The van der Waals surface area contributed by atoms with Crippen LogP contribution in [0.1, 0.15) is 12.0 Å². The number of benzene rings is 1. The molecule has 0 aliphatic carbocycles. The normalized spacial score (nSPS) is 14.5. The van der Waals surface area contributed by atoms with Gasteiger partial charge in [-0.1, -0.05) is 0 Å². The number of aromatic nitrogens is 1. The highest BCUT2D eigenvalue weighted by Crippen LogP contribution is 2.29. The number of hydrogen-bond acceptors (Lipinski definition) is 4. The molecule has 0 spiro atoms. The van der Waals surface area contributed by atoms with Gasteiger partial charge in [0.2, 0.25) is 5.91 Å². The van der Waals surface area contributed by atoms with Gasteiger partial charge >= 0.3 is 0 Å². The fraction of sp³-hybridized carbons (Fsp3) is 0.200. The van der Waals surface area contributed by atoms with Crippen molar-refractivity contribution >= 4 is 43.2 Å². The van der Waals surface area contributed by atoms with E-state index in [0.717, 1.165) is 11.3 Å². The minimum Gasteiger partial charge on any atom is -0.315 e. The number of carbonyl (C=O) groups excluding carboxylic acids is 1. The molecule has 6 nitrogen and oxygen atoms in total. The Balaban J connectivity index is 1.92. The molecule has 1 N–H and O–H groups in total. The molecule has 23 heavy (non-hydrogen) atoms. The van der Waals surface area contributed by atoms with Gasteiger partial charge in [0.05, 0.1) is 16.8 Å². The smallest absolute Gasteiger partial charge is 0.261 e. The molecule has 1 aliphatic rings. The summed E-state index contributed by atoms with van der Waals surface area (Å²) < 4.78 is 28.1. The SMILES string of the molecule is CN1C(=O)CCc2cc(S(=O)(=O)Nc3ccc(Br)nc3)ccc21. The molecule has 1 aromatic heterocycles. The highest BCUT2D eigenvalue weighted by molar-refractivity contribution is 9.10. The van der Waals surface area contributed by atoms with E-state index in [2.05, 4.69) is 25.6 Å². The molecule has 120 valence electrons. The van der Waals surface area contributed by atoms with Crippen LogP contribution in [0.25, 0.3) is 0 Å². The summed E-state index contributed by atoms with van der Waals surface area (Å²) in [7, 11) is -2.00. The highest BCUT2D eigenvalue weighted by atomic mass is 79.9. The number of fused-ring (bicyclic) bond motifs is 1. The summed E-state index contributed by atoms with van der Waals surface area (Å²) >= 11 is 3.20. The first kappa shape index (κ1) is 15.9. The molecule has 2 aromatic rings. The highest BCUT2D eigenvalue weighted by Gasteiger charge is 2.23. The average Bonchev–Trinajstić information content (AvgIpc) is 2.53. The molecule has 8 heteroatoms. The van der Waals surface area contributed by atoms with E-state index in [0.29, 0.717) is 23.1 Å². The third kappa shape index (κ3) is 3.23. The Morgan fingerprint density at radius 1 is 1.22 bits per heavy atom. The van der Waals surface area contributed by atoms with Gasteiger partial charge in [0.25, 0.3) is 10.0 Å². The van der Waals surface area contributed by atoms with Gasteiger partial charge in [-0.05, 0) is 58.2 Å². The van der Waals surface area contributed by atoms with E-state index in [1.807, 2.05) is 0 Å². The van der Waals surface area contributed by atoms with Crippen LogP contribution >= 0.6 is 15.9 Å². The second-order valence-corrected chi connectivity index (χ2v) is 7.71. The number of nitrogens with one attached hydrogen (secondary N) is 1. The molecule has 0 fully saturated rings. The summed E-state index contributed by atoms with van der Waals surface area (Å²) in [5, 5.41) is 0. The largest absolute Gasteiger partial charge is 0.315 e. The molecule has 1 amide bonds. The summed E-state index contributed by atoms with van der Waals surface area (Å²) in [5.74, 6) is 0.0344. The van der Waals surface area contributed by atoms with Crippen molar-refractivity contribution < 1.29 is 13.2 Å². The van der Waals surface area contributed by atoms with Crippen LogP contribution in [-0.2, 0) is 21.2 Å². The van der Waals surface area contributed by atoms with Gasteiger partial charge in [0.15, 0.2) is 0 Å². The van der Waals surface area contributed by atoms with Gasteiger partial charge in [-0.15, -0.1) is 0 Å². The van der Waals surface area contributed by atoms with Crippen LogP contribution in [0.4, 0.5) is 11.4 Å². The standard InChI is InChI=1S/C15H14BrN3O3S/c1-19-13-5-4-12(8-10(13)2-7-15(19)20)23(21,22)18-11-3-6-14(16)17-9-11/h3-6,8-9,18H,2,7H2,1H3. The van der Waals surface area contributed by atoms with Gasteiger partial charge in [-0.2, -0.15) is 0 Å². The Morgan fingerprint density at radius 2 is 2.00 bits per heavy atom. The quantitative estimate of drug-likeness (QED) is 0.809. The van der Waals surface area contributed by atoms with Crippen LogP contribution in [0, 0.1) is 0 Å². The molecule has 0 saturated carbocycles. The van der Waals surface area contributed by atoms with E-state index >= 15 is 0 Å². The van der Waals surface area contributed by atoms with Gasteiger partial charge < -0.3 is 4.90 Å². The molecule has 1 aliphatic heterocycles. The number of pyridine rings is 1. The van der Waals surface area contributed by atoms with Crippen molar-refractivity contribution in [2.45, 2.75) is 17.7 Å². The second-order valence-electron chi connectivity index (χ2n) is 5.22. The third-order valence-corrected chi connectivity index (χ3v) is 5.53. The van der Waals surface area contributed by atoms with Crippen LogP contribution in [0.3, 0.4) is 0 Å². The Bertz CT molecular complexity index is 866. The zero-order chi connectivity index (χ0) is 16.6. The van der Waals surface area contributed by atoms with Crippen LogP contribution in [0.2, 0.25) is 0 Å². The predicted octanol–water partition coefficient (Wildman–Crippen LogP) is 2.55. The van der Waals surface area contributed by atoms with E-state index < -0.39 is 10.0 Å². The van der Waals surface area contributed by atoms with E-state index in [4.69, 9.17) is 0 Å². The minimum atomic E-state index is -3.70. The Kier molecular flexibility index (Phi) is 4.11. The molecular weight excluding hydrogens is 382 g/mol. The number of anilines is 2. The fourth-order valence-electron chi connectivity index (χ4n) is 2.45. The molecule has 0 saturated heterocycles. The molecule has 0 unspecified atom stereocenters. The zero-order valence-electron chi connectivity index (χ0n) is 12.3. The van der Waals surface area contributed by atoms with Crippen molar-refractivity contribution in [3.8, 4) is 0 Å². The summed E-state index contributed by atoms with van der Waals surface area (Å²) in [6.45, 7) is 0. The lowest BCUT2D eigenvalue weighted by atomic mass is 10.0. The van der Waals surface area contributed by atoms with Gasteiger partial charge in [-0.25, -0.2) is 13.4 Å². The van der Waals surface area contributed by atoms with Crippen molar-refractivity contribution in [2.24, 2.45) is 0 Å². The van der Waals surface area contributed by atoms with Crippen molar-refractivity contribution in [3.05, 3.63) is 46.7 Å². The number of sulfonamides is 1. The van der Waals surface area contributed by atoms with E-state index in [-0.39, 0.29) is 10.8 Å². The molecular formula is C15H14BrN3O3S. The first-order valence-electron chi connectivity index (χ1n) is 6.91. The maximum atomic E-state index is 12.5. The lowest BCUT2D eigenvalue weighted by molar-refractivity contribution is -0.118. The lowest BCUT2D eigenvalue weighted by Gasteiger charge is -2.26. The van der Waals surface area contributed by atoms with Gasteiger partial charge in [0, 0.05) is 19.2 Å². The maximum absolute atomic E-state index is 12.5. The zero-order valence-corrected chi connectivity index (χ0v) is 14.7. The van der Waals surface area contributed by atoms with Gasteiger partial charge in [0.1, 0.15) is 4.60 Å². The first-order chi connectivity index (χ1) is 10.9. The van der Waals surface area contributed by atoms with Gasteiger partial charge in [-0.3, -0.25) is 9.52 Å². The number of carbonyl (C=O) groups is 1. The summed E-state index contributed by atoms with van der Waals surface area (Å²) in [6, 6.07) is 8.07. The first-order valence-corrected chi connectivity index (χ1v) is 9.18. The maximum Gasteiger partial charge on any atom is 0.261 e. The topological polar surface area (TPSA) is 79.4 Å². The summed E-state index contributed by atoms with van der Waals surface area (Å²) in [5.41, 5.74) is 1.99. The monoisotopic (exact) mass is 395 g/mol. The summed E-state index contributed by atoms with van der Waals surface area (Å²) in [4.78, 5) is 17.4. The van der Waals surface area contributed by atoms with Crippen LogP contribution < -0.4 is 9.62 Å². The van der Waals surface area contributed by atoms with Crippen molar-refractivity contribution in [1.82, 2.24) is 4.98 Å². The Morgan fingerprint density at radius 3 is 2.70 bits per heavy atom. The molecule has 0 bridgehead atoms. The molecule has 1 aromatic carbocycles. The Hall–Kier alpha value is -1.93. The number of rotatable bonds is 3. The number of nitrogens with zero attached hydrogens (tertiary/aromatic N) is 2. The number of hydrogen-bond donors (Lipinski definition) is 1. The van der Waals surface area contributed by atoms with Crippen molar-refractivity contribution in [2.75, 3.05) is 16.7 Å².